The van der Waals surface area contributed by atoms with E-state index in [1.54, 1.807) is 79.5 Å². The van der Waals surface area contributed by atoms with Crippen LogP contribution in [-0.2, 0) is 36.6 Å². The van der Waals surface area contributed by atoms with Crippen LogP contribution >= 0.6 is 0 Å². The molecule has 0 saturated heterocycles. The molecule has 258 valence electrons. The van der Waals surface area contributed by atoms with Crippen LogP contribution in [0, 0.1) is 0 Å². The van der Waals surface area contributed by atoms with Gasteiger partial charge >= 0.3 is 12.1 Å². The number of methoxy groups -OCH3 is 1. The Morgan fingerprint density at radius 3 is 1.96 bits per heavy atom. The lowest BCUT2D eigenvalue weighted by atomic mass is 10.1. The number of nitrogens with one attached hydrogen (secondary N) is 3. The molecule has 0 unspecified atom stereocenters. The number of rotatable bonds is 12. The molecule has 17 heteroatoms. The molecule has 4 rings (SSSR count). The van der Waals surface area contributed by atoms with Crippen molar-refractivity contribution in [3.63, 3.8) is 0 Å². The molecular weight excluding hydrogens is 637 g/mol. The van der Waals surface area contributed by atoms with Gasteiger partial charge in [0.1, 0.15) is 17.1 Å². The van der Waals surface area contributed by atoms with E-state index in [2.05, 4.69) is 25.8 Å². The number of imidazole rings is 1. The maximum Gasteiger partial charge on any atom is 0.490 e. The van der Waals surface area contributed by atoms with Crippen LogP contribution in [0.15, 0.2) is 61.3 Å². The number of alkyl halides is 3. The Morgan fingerprint density at radius 2 is 1.44 bits per heavy atom. The second-order valence-corrected chi connectivity index (χ2v) is 10.9. The summed E-state index contributed by atoms with van der Waals surface area (Å²) in [4.78, 5) is 53.7. The number of amides is 3. The minimum atomic E-state index is -5.08. The highest BCUT2D eigenvalue weighted by Crippen LogP contribution is 2.19. The van der Waals surface area contributed by atoms with Gasteiger partial charge in [-0.05, 0) is 56.9 Å². The van der Waals surface area contributed by atoms with Gasteiger partial charge in [-0.1, -0.05) is 12.1 Å². The van der Waals surface area contributed by atoms with E-state index in [-0.39, 0.29) is 24.1 Å². The van der Waals surface area contributed by atoms with Gasteiger partial charge in [-0.2, -0.15) is 13.2 Å². The summed E-state index contributed by atoms with van der Waals surface area (Å²) in [6.45, 7) is 1.76. The van der Waals surface area contributed by atoms with Crippen LogP contribution in [0.1, 0.15) is 33.0 Å². The molecule has 3 heterocycles. The summed E-state index contributed by atoms with van der Waals surface area (Å²) in [6.07, 6.45) is 2.89. The van der Waals surface area contributed by atoms with Gasteiger partial charge in [0, 0.05) is 39.2 Å². The lowest BCUT2D eigenvalue weighted by molar-refractivity contribution is -0.192. The first-order valence-corrected chi connectivity index (χ1v) is 14.4. The van der Waals surface area contributed by atoms with Gasteiger partial charge in [-0.15, -0.1) is 0 Å². The van der Waals surface area contributed by atoms with Crippen molar-refractivity contribution in [2.45, 2.75) is 25.6 Å². The molecule has 4 N–H and O–H groups in total. The van der Waals surface area contributed by atoms with Crippen LogP contribution in [0.4, 0.5) is 30.4 Å². The zero-order chi connectivity index (χ0) is 35.6. The second kappa shape index (κ2) is 16.3. The number of hydrogen-bond donors (Lipinski definition) is 4. The summed E-state index contributed by atoms with van der Waals surface area (Å²) in [6, 6.07) is 10.5. The topological polar surface area (TPSA) is 165 Å². The van der Waals surface area contributed by atoms with Gasteiger partial charge < -0.3 is 44.4 Å². The molecular formula is C31H37F3N8O6. The van der Waals surface area contributed by atoms with Crippen molar-refractivity contribution in [1.82, 2.24) is 23.6 Å². The quantitative estimate of drug-likeness (QED) is 0.176. The lowest BCUT2D eigenvalue weighted by Crippen LogP contribution is -2.21. The Kier molecular flexibility index (Phi) is 12.5. The van der Waals surface area contributed by atoms with Crippen molar-refractivity contribution >= 4 is 40.9 Å². The first kappa shape index (κ1) is 36.9. The monoisotopic (exact) mass is 674 g/mol. The van der Waals surface area contributed by atoms with Crippen molar-refractivity contribution in [2.24, 2.45) is 14.1 Å². The number of carbonyl (C=O) groups is 4. The molecule has 1 aromatic carbocycles. The summed E-state index contributed by atoms with van der Waals surface area (Å²) >= 11 is 0. The van der Waals surface area contributed by atoms with Gasteiger partial charge in [-0.3, -0.25) is 14.4 Å². The van der Waals surface area contributed by atoms with Crippen LogP contribution in [-0.4, -0.2) is 86.3 Å². The first-order chi connectivity index (χ1) is 22.5. The van der Waals surface area contributed by atoms with Gasteiger partial charge in [0.2, 0.25) is 5.91 Å². The molecule has 0 aliphatic rings. The first-order valence-electron chi connectivity index (χ1n) is 14.4. The fraction of sp³-hybridized carbons (Fsp3) is 0.323. The number of ether oxygens (including phenoxy) is 1. The maximum absolute atomic E-state index is 13.0. The molecule has 4 aromatic rings. The molecule has 0 bridgehead atoms. The number of hydrogen-bond acceptors (Lipinski definition) is 7. The van der Waals surface area contributed by atoms with Crippen LogP contribution in [0.25, 0.3) is 0 Å². The zero-order valence-corrected chi connectivity index (χ0v) is 27.0. The molecule has 0 aliphatic heterocycles. The molecule has 0 atom stereocenters. The lowest BCUT2D eigenvalue weighted by Gasteiger charge is -2.08. The minimum absolute atomic E-state index is 0.186. The predicted molar refractivity (Wildman–Crippen MR) is 171 cm³/mol. The predicted octanol–water partition coefficient (Wildman–Crippen LogP) is 3.84. The minimum Gasteiger partial charge on any atom is -0.497 e. The molecule has 0 spiro atoms. The normalized spacial score (nSPS) is 11.0. The summed E-state index contributed by atoms with van der Waals surface area (Å²) in [5.74, 6) is -2.50. The summed E-state index contributed by atoms with van der Waals surface area (Å²) in [5, 5.41) is 15.6. The Balaban J connectivity index is 0.000000804. The molecule has 14 nitrogen and oxygen atoms in total. The highest BCUT2D eigenvalue weighted by atomic mass is 19.4. The summed E-state index contributed by atoms with van der Waals surface area (Å²) in [5.41, 5.74) is 2.52. The Bertz CT molecular complexity index is 1720. The highest BCUT2D eigenvalue weighted by molar-refractivity contribution is 6.07. The molecule has 0 saturated carbocycles. The molecule has 3 amide bonds. The standard InChI is InChI=1S/C29H36N8O4.C2HF3O2/c1-34(2)11-6-12-37-18-26(30-19-37)33-29(40)25-15-22(17-36(25)4)32-28(39)24-14-21(16-35(24)3)31-27(38)13-20-7-9-23(41-5)10-8-20;3-2(4,5)1(6)7/h7-10,14-19H,6,11-13H2,1-5H3,(H,31,38)(H,32,39)(H,33,40);(H,6,7). The van der Waals surface area contributed by atoms with Gasteiger partial charge in [0.25, 0.3) is 11.8 Å². The molecule has 48 heavy (non-hydrogen) atoms. The maximum atomic E-state index is 13.0. The van der Waals surface area contributed by atoms with E-state index >= 15 is 0 Å². The van der Waals surface area contributed by atoms with Crippen LogP contribution < -0.4 is 20.7 Å². The van der Waals surface area contributed by atoms with E-state index in [9.17, 15) is 27.6 Å². The molecule has 0 fully saturated rings. The van der Waals surface area contributed by atoms with Crippen molar-refractivity contribution in [3.8, 4) is 5.75 Å². The number of carbonyl (C=O) groups excluding carboxylic acids is 3. The number of nitrogens with zero attached hydrogens (tertiary/aromatic N) is 5. The average molecular weight is 675 g/mol. The third-order valence-corrected chi connectivity index (χ3v) is 6.68. The fourth-order valence-corrected chi connectivity index (χ4v) is 4.34. The summed E-state index contributed by atoms with van der Waals surface area (Å²) in [7, 11) is 9.09. The summed E-state index contributed by atoms with van der Waals surface area (Å²) < 4.78 is 42.1. The third-order valence-electron chi connectivity index (χ3n) is 6.68. The SMILES string of the molecule is COc1ccc(CC(=O)Nc2cc(C(=O)Nc3cc(C(=O)Nc4cn(CCCN(C)C)cn4)n(C)c3)n(C)c2)cc1.O=C(O)C(F)(F)F. The number of benzene rings is 1. The number of carboxylic acids is 1. The van der Waals surface area contributed by atoms with E-state index < -0.39 is 12.1 Å². The number of carboxylic acid groups (broad SMARTS) is 1. The van der Waals surface area contributed by atoms with E-state index in [1.165, 1.54) is 0 Å². The Labute approximate surface area is 274 Å². The van der Waals surface area contributed by atoms with Crippen LogP contribution in [0.5, 0.6) is 5.75 Å². The van der Waals surface area contributed by atoms with E-state index in [4.69, 9.17) is 14.6 Å². The van der Waals surface area contributed by atoms with Crippen LogP contribution in [0.3, 0.4) is 0 Å². The Morgan fingerprint density at radius 1 is 0.896 bits per heavy atom. The molecule has 0 aliphatic carbocycles. The van der Waals surface area contributed by atoms with Crippen molar-refractivity contribution in [3.05, 3.63) is 78.3 Å². The van der Waals surface area contributed by atoms with Crippen molar-refractivity contribution < 1.29 is 42.2 Å². The van der Waals surface area contributed by atoms with Crippen molar-refractivity contribution in [1.29, 1.82) is 0 Å². The number of aryl methyl sites for hydroxylation is 3. The fourth-order valence-electron chi connectivity index (χ4n) is 4.34. The van der Waals surface area contributed by atoms with Crippen LogP contribution in [0.2, 0.25) is 0 Å². The van der Waals surface area contributed by atoms with Crippen molar-refractivity contribution in [2.75, 3.05) is 43.7 Å². The number of anilines is 3. The highest BCUT2D eigenvalue weighted by Gasteiger charge is 2.38. The number of aromatic nitrogens is 4. The average Bonchev–Trinajstić information content (AvgIpc) is 3.71. The van der Waals surface area contributed by atoms with Gasteiger partial charge in [-0.25, -0.2) is 9.78 Å². The van der Waals surface area contributed by atoms with E-state index in [0.29, 0.717) is 28.6 Å². The smallest absolute Gasteiger partial charge is 0.490 e. The zero-order valence-electron chi connectivity index (χ0n) is 27.0. The Hall–Kier alpha value is -5.58. The van der Waals surface area contributed by atoms with E-state index in [1.807, 2.05) is 30.8 Å². The second-order valence-electron chi connectivity index (χ2n) is 10.9. The van der Waals surface area contributed by atoms with Gasteiger partial charge in [0.15, 0.2) is 5.82 Å². The number of halogens is 3. The van der Waals surface area contributed by atoms with E-state index in [0.717, 1.165) is 30.8 Å². The van der Waals surface area contributed by atoms with Gasteiger partial charge in [0.05, 0.1) is 31.2 Å². The third kappa shape index (κ3) is 11.0. The largest absolute Gasteiger partial charge is 0.497 e. The molecule has 0 radical (unpaired) electrons. The molecule has 3 aromatic heterocycles. The number of aliphatic carboxylic acids is 1.